The number of hydrogen-bond donors (Lipinski definition) is 1. The molecule has 3 aliphatic rings. The van der Waals surface area contributed by atoms with Crippen molar-refractivity contribution in [2.45, 2.75) is 73.1 Å². The first-order valence-electron chi connectivity index (χ1n) is 14.6. The van der Waals surface area contributed by atoms with E-state index < -0.39 is 61.7 Å². The number of carbonyl (C=O) groups is 1. The van der Waals surface area contributed by atoms with Gasteiger partial charge in [0.25, 0.3) is 0 Å². The SMILES string of the molecule is O=C(OC1([C@H]2CCC[C@@H](c3cccc(F)c3)N2S(=O)(=O)c2ccc(F)c(F)c2)CC1)N1CCC(O)(c2ccc(Cl)cc2)CC1. The summed E-state index contributed by atoms with van der Waals surface area (Å²) in [6, 6.07) is 13.3. The van der Waals surface area contributed by atoms with Gasteiger partial charge in [-0.2, -0.15) is 4.31 Å². The average molecular weight is 649 g/mol. The summed E-state index contributed by atoms with van der Waals surface area (Å²) in [5.41, 5.74) is -1.15. The molecule has 1 N–H and O–H groups in total. The summed E-state index contributed by atoms with van der Waals surface area (Å²) in [6.45, 7) is 0.447. The molecule has 1 amide bonds. The average Bonchev–Trinajstić information content (AvgIpc) is 3.79. The molecule has 1 aliphatic carbocycles. The molecule has 2 saturated heterocycles. The van der Waals surface area contributed by atoms with E-state index in [2.05, 4.69) is 0 Å². The number of nitrogens with zero attached hydrogens (tertiary/aromatic N) is 2. The number of sulfonamides is 1. The molecule has 1 saturated carbocycles. The minimum Gasteiger partial charge on any atom is -0.441 e. The topological polar surface area (TPSA) is 87.2 Å². The van der Waals surface area contributed by atoms with Crippen LogP contribution in [0, 0.1) is 17.5 Å². The molecule has 2 aliphatic heterocycles. The molecule has 234 valence electrons. The molecule has 0 aromatic heterocycles. The second kappa shape index (κ2) is 11.7. The maximum absolute atomic E-state index is 14.3. The minimum absolute atomic E-state index is 0.224. The van der Waals surface area contributed by atoms with Gasteiger partial charge in [0.1, 0.15) is 11.4 Å². The van der Waals surface area contributed by atoms with E-state index in [0.29, 0.717) is 54.3 Å². The van der Waals surface area contributed by atoms with Gasteiger partial charge in [-0.15, -0.1) is 0 Å². The van der Waals surface area contributed by atoms with Crippen LogP contribution >= 0.6 is 11.6 Å². The van der Waals surface area contributed by atoms with Gasteiger partial charge in [-0.1, -0.05) is 35.9 Å². The molecule has 2 atom stereocenters. The Kier molecular flexibility index (Phi) is 8.19. The molecule has 0 bridgehead atoms. The van der Waals surface area contributed by atoms with Gasteiger partial charge >= 0.3 is 6.09 Å². The van der Waals surface area contributed by atoms with Crippen molar-refractivity contribution in [2.24, 2.45) is 0 Å². The van der Waals surface area contributed by atoms with Gasteiger partial charge in [0.05, 0.1) is 22.6 Å². The predicted octanol–water partition coefficient (Wildman–Crippen LogP) is 6.69. The summed E-state index contributed by atoms with van der Waals surface area (Å²) < 4.78 is 78.0. The van der Waals surface area contributed by atoms with E-state index in [-0.39, 0.29) is 25.9 Å². The first-order chi connectivity index (χ1) is 20.9. The number of piperidine rings is 2. The maximum Gasteiger partial charge on any atom is 0.410 e. The first-order valence-corrected chi connectivity index (χ1v) is 16.4. The molecule has 3 fully saturated rings. The van der Waals surface area contributed by atoms with Crippen molar-refractivity contribution in [3.05, 3.63) is 100 Å². The largest absolute Gasteiger partial charge is 0.441 e. The van der Waals surface area contributed by atoms with Crippen LogP contribution in [0.25, 0.3) is 0 Å². The minimum atomic E-state index is -4.46. The Morgan fingerprint density at radius 1 is 0.909 bits per heavy atom. The van der Waals surface area contributed by atoms with Crippen LogP contribution in [-0.4, -0.2) is 53.6 Å². The number of aliphatic hydroxyl groups is 1. The highest BCUT2D eigenvalue weighted by molar-refractivity contribution is 7.89. The monoisotopic (exact) mass is 648 g/mol. The normalized spacial score (nSPS) is 23.2. The van der Waals surface area contributed by atoms with Crippen molar-refractivity contribution in [1.82, 2.24) is 9.21 Å². The Morgan fingerprint density at radius 3 is 2.25 bits per heavy atom. The second-order valence-electron chi connectivity index (χ2n) is 11.9. The lowest BCUT2D eigenvalue weighted by atomic mass is 9.84. The fourth-order valence-electron chi connectivity index (χ4n) is 6.57. The Bertz CT molecular complexity index is 1660. The van der Waals surface area contributed by atoms with E-state index in [4.69, 9.17) is 16.3 Å². The highest BCUT2D eigenvalue weighted by Crippen LogP contribution is 2.53. The number of halogens is 4. The van der Waals surface area contributed by atoms with Crippen molar-refractivity contribution in [3.63, 3.8) is 0 Å². The number of amides is 1. The summed E-state index contributed by atoms with van der Waals surface area (Å²) in [7, 11) is -4.46. The van der Waals surface area contributed by atoms with Crippen LogP contribution in [0.1, 0.15) is 62.1 Å². The summed E-state index contributed by atoms with van der Waals surface area (Å²) >= 11 is 5.99. The quantitative estimate of drug-likeness (QED) is 0.322. The van der Waals surface area contributed by atoms with Crippen LogP contribution in [0.3, 0.4) is 0 Å². The van der Waals surface area contributed by atoms with Gasteiger partial charge in [0, 0.05) is 18.1 Å². The Morgan fingerprint density at radius 2 is 1.61 bits per heavy atom. The van der Waals surface area contributed by atoms with Crippen molar-refractivity contribution < 1.29 is 36.2 Å². The molecule has 0 radical (unpaired) electrons. The Balaban J connectivity index is 1.27. The molecular formula is C32H32ClF3N2O5S. The van der Waals surface area contributed by atoms with Crippen molar-refractivity contribution in [2.75, 3.05) is 13.1 Å². The van der Waals surface area contributed by atoms with E-state index in [9.17, 15) is 31.5 Å². The van der Waals surface area contributed by atoms with Crippen LogP contribution < -0.4 is 0 Å². The van der Waals surface area contributed by atoms with Gasteiger partial charge in [0.15, 0.2) is 11.6 Å². The fourth-order valence-corrected chi connectivity index (χ4v) is 8.62. The van der Waals surface area contributed by atoms with Gasteiger partial charge < -0.3 is 14.7 Å². The van der Waals surface area contributed by atoms with Crippen molar-refractivity contribution >= 4 is 27.7 Å². The highest BCUT2D eigenvalue weighted by atomic mass is 35.5. The summed E-state index contributed by atoms with van der Waals surface area (Å²) in [5.74, 6) is -3.03. The summed E-state index contributed by atoms with van der Waals surface area (Å²) in [5, 5.41) is 11.8. The third-order valence-corrected chi connectivity index (χ3v) is 11.3. The molecule has 0 spiro atoms. The zero-order valence-electron chi connectivity index (χ0n) is 23.8. The van der Waals surface area contributed by atoms with Crippen molar-refractivity contribution in [3.8, 4) is 0 Å². The zero-order chi connectivity index (χ0) is 31.3. The van der Waals surface area contributed by atoms with E-state index in [1.165, 1.54) is 27.4 Å². The highest BCUT2D eigenvalue weighted by Gasteiger charge is 2.60. The molecule has 7 nitrogen and oxygen atoms in total. The van der Waals surface area contributed by atoms with E-state index in [0.717, 1.165) is 12.1 Å². The van der Waals surface area contributed by atoms with E-state index in [1.54, 1.807) is 30.3 Å². The van der Waals surface area contributed by atoms with Gasteiger partial charge in [-0.3, -0.25) is 0 Å². The Labute approximate surface area is 259 Å². The van der Waals surface area contributed by atoms with Crippen LogP contribution in [0.2, 0.25) is 5.02 Å². The zero-order valence-corrected chi connectivity index (χ0v) is 25.3. The molecule has 2 heterocycles. The van der Waals surface area contributed by atoms with E-state index >= 15 is 0 Å². The fraction of sp³-hybridized carbons (Fsp3) is 0.406. The molecule has 0 unspecified atom stereocenters. The van der Waals surface area contributed by atoms with Crippen LogP contribution in [-0.2, 0) is 20.4 Å². The molecule has 44 heavy (non-hydrogen) atoms. The van der Waals surface area contributed by atoms with Gasteiger partial charge in [-0.25, -0.2) is 26.4 Å². The maximum atomic E-state index is 14.3. The summed E-state index contributed by atoms with van der Waals surface area (Å²) in [4.78, 5) is 14.6. The van der Waals surface area contributed by atoms with Crippen LogP contribution in [0.5, 0.6) is 0 Å². The molecule has 6 rings (SSSR count). The Hall–Kier alpha value is -3.12. The summed E-state index contributed by atoms with van der Waals surface area (Å²) in [6.07, 6.45) is 2.06. The van der Waals surface area contributed by atoms with Crippen molar-refractivity contribution in [1.29, 1.82) is 0 Å². The lowest BCUT2D eigenvalue weighted by molar-refractivity contribution is -0.0427. The molecular weight excluding hydrogens is 617 g/mol. The number of rotatable bonds is 6. The molecule has 3 aromatic carbocycles. The number of ether oxygens (including phenoxy) is 1. The van der Waals surface area contributed by atoms with Crippen LogP contribution in [0.4, 0.5) is 18.0 Å². The first kappa shape index (κ1) is 30.9. The third-order valence-electron chi connectivity index (χ3n) is 9.14. The van der Waals surface area contributed by atoms with Gasteiger partial charge in [-0.05, 0) is 98.5 Å². The molecule has 12 heteroatoms. The number of likely N-dealkylation sites (tertiary alicyclic amines) is 1. The smallest absolute Gasteiger partial charge is 0.410 e. The third kappa shape index (κ3) is 5.82. The second-order valence-corrected chi connectivity index (χ2v) is 14.2. The number of carbonyl (C=O) groups excluding carboxylic acids is 1. The lowest BCUT2D eigenvalue weighted by Crippen LogP contribution is -2.55. The lowest BCUT2D eigenvalue weighted by Gasteiger charge is -2.45. The standard InChI is InChI=1S/C32H32ClF3N2O5S/c33-23-9-7-22(8-10-23)31(40)15-17-37(18-16-31)30(39)43-32(13-14-32)29-6-2-5-28(21-3-1-4-24(34)19-21)38(29)44(41,42)25-11-12-26(35)27(36)20-25/h1,3-4,7-12,19-20,28-29,40H,2,5-6,13-18H2/t28-,29+/m0/s1. The number of hydrogen-bond acceptors (Lipinski definition) is 5. The predicted molar refractivity (Wildman–Crippen MR) is 157 cm³/mol. The molecule has 3 aromatic rings. The van der Waals surface area contributed by atoms with E-state index in [1.807, 2.05) is 0 Å². The van der Waals surface area contributed by atoms with Crippen LogP contribution in [0.15, 0.2) is 71.6 Å². The van der Waals surface area contributed by atoms with Gasteiger partial charge in [0.2, 0.25) is 10.0 Å². The number of benzene rings is 3.